The minimum Gasteiger partial charge on any atom is -0.370 e. The van der Waals surface area contributed by atoms with Crippen LogP contribution in [0.3, 0.4) is 0 Å². The third-order valence-electron chi connectivity index (χ3n) is 2.87. The van der Waals surface area contributed by atoms with E-state index in [0.29, 0.717) is 19.0 Å². The summed E-state index contributed by atoms with van der Waals surface area (Å²) in [5.41, 5.74) is 5.77. The van der Waals surface area contributed by atoms with Gasteiger partial charge in [0.05, 0.1) is 11.2 Å². The van der Waals surface area contributed by atoms with Crippen LogP contribution in [0.1, 0.15) is 0 Å². The third-order valence-corrected chi connectivity index (χ3v) is 3.70. The maximum absolute atomic E-state index is 5.77. The number of nitrogens with zero attached hydrogens (tertiary/aromatic N) is 4. The molecule has 0 aliphatic rings. The summed E-state index contributed by atoms with van der Waals surface area (Å²) in [6.07, 6.45) is 3.27. The first-order valence-electron chi connectivity index (χ1n) is 6.75. The average molecular weight is 313 g/mol. The highest BCUT2D eigenvalue weighted by Crippen LogP contribution is 2.25. The largest absolute Gasteiger partial charge is 0.370 e. The van der Waals surface area contributed by atoms with Crippen LogP contribution >= 0.6 is 11.5 Å². The summed E-state index contributed by atoms with van der Waals surface area (Å²) >= 11 is 1.48. The Morgan fingerprint density at radius 1 is 1.18 bits per heavy atom. The van der Waals surface area contributed by atoms with Crippen LogP contribution in [0.15, 0.2) is 47.7 Å². The van der Waals surface area contributed by atoms with Crippen molar-refractivity contribution < 1.29 is 0 Å². The molecule has 3 rings (SSSR count). The number of nitrogens with two attached hydrogens (primary N) is 1. The Hall–Kier alpha value is -2.74. The lowest BCUT2D eigenvalue weighted by Crippen LogP contribution is -2.24. The Morgan fingerprint density at radius 3 is 2.86 bits per heavy atom. The van der Waals surface area contributed by atoms with Crippen molar-refractivity contribution in [3.05, 3.63) is 42.7 Å². The number of hydrogen-bond acceptors (Lipinski definition) is 6. The van der Waals surface area contributed by atoms with Gasteiger partial charge < -0.3 is 11.1 Å². The first-order valence-corrected chi connectivity index (χ1v) is 7.52. The van der Waals surface area contributed by atoms with Crippen molar-refractivity contribution in [2.45, 2.75) is 0 Å². The fraction of sp³-hybridized carbons (Fsp3) is 0.143. The Kier molecular flexibility index (Phi) is 4.40. The van der Waals surface area contributed by atoms with E-state index in [-0.39, 0.29) is 5.96 Å². The van der Waals surface area contributed by atoms with Gasteiger partial charge in [-0.1, -0.05) is 12.1 Å². The number of nitrogens with one attached hydrogen (secondary N) is 2. The Morgan fingerprint density at radius 2 is 2.00 bits per heavy atom. The molecule has 8 heteroatoms. The van der Waals surface area contributed by atoms with Crippen molar-refractivity contribution in [1.29, 1.82) is 0 Å². The zero-order chi connectivity index (χ0) is 15.2. The van der Waals surface area contributed by atoms with E-state index in [2.05, 4.69) is 36.0 Å². The fourth-order valence-electron chi connectivity index (χ4n) is 1.88. The maximum atomic E-state index is 5.77. The van der Waals surface area contributed by atoms with Crippen LogP contribution < -0.4 is 16.4 Å². The van der Waals surface area contributed by atoms with Gasteiger partial charge in [0.25, 0.3) is 0 Å². The summed E-state index contributed by atoms with van der Waals surface area (Å²) in [6, 6.07) is 9.85. The molecule has 0 aliphatic carbocycles. The molecule has 112 valence electrons. The van der Waals surface area contributed by atoms with Gasteiger partial charge in [-0.2, -0.15) is 4.37 Å². The number of aliphatic imine (C=N–C) groups is 1. The number of anilines is 2. The molecular formula is C14H15N7S. The molecule has 4 N–H and O–H groups in total. The monoisotopic (exact) mass is 313 g/mol. The van der Waals surface area contributed by atoms with Crippen molar-refractivity contribution in [2.75, 3.05) is 23.7 Å². The van der Waals surface area contributed by atoms with Gasteiger partial charge in [0.1, 0.15) is 5.82 Å². The van der Waals surface area contributed by atoms with Crippen molar-refractivity contribution in [1.82, 2.24) is 14.3 Å². The lowest BCUT2D eigenvalue weighted by molar-refractivity contribution is 1.01. The summed E-state index contributed by atoms with van der Waals surface area (Å²) < 4.78 is 5.56. The molecule has 7 nitrogen and oxygen atoms in total. The van der Waals surface area contributed by atoms with E-state index < -0.39 is 0 Å². The highest BCUT2D eigenvalue weighted by molar-refractivity contribution is 7.13. The van der Waals surface area contributed by atoms with Crippen molar-refractivity contribution in [3.8, 4) is 0 Å². The molecule has 22 heavy (non-hydrogen) atoms. The number of fused-ring (bicyclic) bond motifs is 1. The van der Waals surface area contributed by atoms with E-state index in [0.717, 1.165) is 15.9 Å². The minimum absolute atomic E-state index is 0.288. The lowest BCUT2D eigenvalue weighted by Gasteiger charge is -2.04. The molecule has 2 heterocycles. The second-order valence-corrected chi connectivity index (χ2v) is 5.22. The summed E-state index contributed by atoms with van der Waals surface area (Å²) in [4.78, 5) is 12.2. The number of aromatic nitrogens is 3. The van der Waals surface area contributed by atoms with Gasteiger partial charge >= 0.3 is 0 Å². The predicted molar refractivity (Wildman–Crippen MR) is 90.3 cm³/mol. The summed E-state index contributed by atoms with van der Waals surface area (Å²) in [5.74, 6) is 1.60. The molecular weight excluding hydrogens is 298 g/mol. The summed E-state index contributed by atoms with van der Waals surface area (Å²) in [5, 5.41) is 7.22. The number of guanidine groups is 1. The zero-order valence-corrected chi connectivity index (χ0v) is 12.5. The van der Waals surface area contributed by atoms with Gasteiger partial charge in [0.15, 0.2) is 5.96 Å². The fourth-order valence-corrected chi connectivity index (χ4v) is 2.64. The van der Waals surface area contributed by atoms with Gasteiger partial charge in [-0.05, 0) is 29.7 Å². The van der Waals surface area contributed by atoms with Crippen LogP contribution in [0.25, 0.3) is 10.1 Å². The number of hydrogen-bond donors (Lipinski definition) is 3. The first-order chi connectivity index (χ1) is 10.8. The van der Waals surface area contributed by atoms with Crippen LogP contribution in [0.5, 0.6) is 0 Å². The molecule has 2 aromatic heterocycles. The Bertz CT molecular complexity index is 769. The highest BCUT2D eigenvalue weighted by atomic mass is 32.1. The van der Waals surface area contributed by atoms with Crippen molar-refractivity contribution in [2.24, 2.45) is 10.7 Å². The minimum atomic E-state index is 0.288. The molecule has 1 aromatic carbocycles. The molecule has 0 atom stereocenters. The van der Waals surface area contributed by atoms with Crippen LogP contribution in [0.4, 0.5) is 11.8 Å². The molecule has 0 bridgehead atoms. The van der Waals surface area contributed by atoms with E-state index in [1.807, 2.05) is 18.2 Å². The normalized spacial score (nSPS) is 11.5. The molecule has 0 spiro atoms. The van der Waals surface area contributed by atoms with Crippen LogP contribution in [-0.2, 0) is 0 Å². The molecule has 3 aromatic rings. The van der Waals surface area contributed by atoms with E-state index in [9.17, 15) is 0 Å². The maximum Gasteiger partial charge on any atom is 0.229 e. The van der Waals surface area contributed by atoms with Gasteiger partial charge in [-0.15, -0.1) is 0 Å². The van der Waals surface area contributed by atoms with Gasteiger partial charge in [0, 0.05) is 24.3 Å². The molecule has 0 saturated heterocycles. The summed E-state index contributed by atoms with van der Waals surface area (Å²) in [6.45, 7) is 1.17. The van der Waals surface area contributed by atoms with Crippen LogP contribution in [-0.4, -0.2) is 33.4 Å². The van der Waals surface area contributed by atoms with Crippen LogP contribution in [0, 0.1) is 0 Å². The topological polar surface area (TPSA) is 101 Å². The number of rotatable bonds is 5. The Balaban J connectivity index is 1.51. The molecule has 0 saturated carbocycles. The molecule has 0 radical (unpaired) electrons. The van der Waals surface area contributed by atoms with Gasteiger partial charge in [0.2, 0.25) is 5.95 Å². The smallest absolute Gasteiger partial charge is 0.229 e. The van der Waals surface area contributed by atoms with E-state index >= 15 is 0 Å². The molecule has 0 unspecified atom stereocenters. The standard InChI is InChI=1S/C14H15N7S/c15-13(20-14-18-6-3-7-19-14)17-9-8-16-12-10-4-1-2-5-11(10)22-21-12/h1-7H,8-9H2,(H,16,21)(H3,15,17,18,19,20). The first kappa shape index (κ1) is 14.2. The van der Waals surface area contributed by atoms with E-state index in [1.165, 1.54) is 11.5 Å². The second-order valence-electron chi connectivity index (χ2n) is 4.42. The summed E-state index contributed by atoms with van der Waals surface area (Å²) in [7, 11) is 0. The van der Waals surface area contributed by atoms with Crippen LogP contribution in [0.2, 0.25) is 0 Å². The SMILES string of the molecule is NC(=NCCNc1nsc2ccccc12)Nc1ncccn1. The molecule has 0 amide bonds. The van der Waals surface area contributed by atoms with E-state index in [1.54, 1.807) is 18.5 Å². The molecule has 0 fully saturated rings. The Labute approximate surface area is 131 Å². The highest BCUT2D eigenvalue weighted by Gasteiger charge is 2.03. The van der Waals surface area contributed by atoms with Gasteiger partial charge in [-0.3, -0.25) is 10.3 Å². The van der Waals surface area contributed by atoms with Gasteiger partial charge in [-0.25, -0.2) is 9.97 Å². The van der Waals surface area contributed by atoms with Crippen molar-refractivity contribution in [3.63, 3.8) is 0 Å². The van der Waals surface area contributed by atoms with Crippen molar-refractivity contribution >= 4 is 39.3 Å². The zero-order valence-electron chi connectivity index (χ0n) is 11.7. The predicted octanol–water partition coefficient (Wildman–Crippen LogP) is 1.92. The average Bonchev–Trinajstić information content (AvgIpc) is 2.96. The lowest BCUT2D eigenvalue weighted by atomic mass is 10.2. The number of benzene rings is 1. The van der Waals surface area contributed by atoms with E-state index in [4.69, 9.17) is 5.73 Å². The second kappa shape index (κ2) is 6.81. The molecule has 0 aliphatic heterocycles. The third kappa shape index (κ3) is 3.47. The quantitative estimate of drug-likeness (QED) is 0.378.